The number of ether oxygens (including phenoxy) is 3. The third-order valence-electron chi connectivity index (χ3n) is 5.21. The molecule has 3 aromatic carbocycles. The molecule has 4 nitrogen and oxygen atoms in total. The maximum absolute atomic E-state index is 12.5. The molecule has 0 radical (unpaired) electrons. The zero-order valence-corrected chi connectivity index (χ0v) is 19.2. The van der Waals surface area contributed by atoms with Crippen molar-refractivity contribution >= 4 is 5.97 Å². The number of hydrogen-bond acceptors (Lipinski definition) is 4. The van der Waals surface area contributed by atoms with Gasteiger partial charge in [0, 0.05) is 6.61 Å². The van der Waals surface area contributed by atoms with Crippen molar-refractivity contribution in [2.45, 2.75) is 46.1 Å². The highest BCUT2D eigenvalue weighted by Gasteiger charge is 2.10. The van der Waals surface area contributed by atoms with Crippen molar-refractivity contribution < 1.29 is 19.0 Å². The maximum Gasteiger partial charge on any atom is 0.343 e. The summed E-state index contributed by atoms with van der Waals surface area (Å²) >= 11 is 0. The predicted molar refractivity (Wildman–Crippen MR) is 128 cm³/mol. The molecule has 0 aromatic heterocycles. The highest BCUT2D eigenvalue weighted by molar-refractivity contribution is 5.91. The standard InChI is InChI=1S/C28H32O4/c1-4-6-20-30-21(3)22-7-9-23(10-8-22)24-11-13-25(14-12-24)28(29)32-27-17-15-26(16-18-27)31-19-5-2/h7-18,21H,4-6,19-20H2,1-3H3. The first-order valence-corrected chi connectivity index (χ1v) is 11.4. The van der Waals surface area contributed by atoms with Crippen molar-refractivity contribution in [3.05, 3.63) is 83.9 Å². The van der Waals surface area contributed by atoms with Gasteiger partial charge in [0.25, 0.3) is 0 Å². The van der Waals surface area contributed by atoms with Crippen LogP contribution < -0.4 is 9.47 Å². The van der Waals surface area contributed by atoms with E-state index in [9.17, 15) is 4.79 Å². The number of unbranched alkanes of at least 4 members (excludes halogenated alkanes) is 1. The number of esters is 1. The van der Waals surface area contributed by atoms with Crippen LogP contribution in [0.15, 0.2) is 72.8 Å². The number of benzene rings is 3. The van der Waals surface area contributed by atoms with Gasteiger partial charge in [-0.15, -0.1) is 0 Å². The summed E-state index contributed by atoms with van der Waals surface area (Å²) in [6, 6.07) is 22.9. The molecule has 0 fully saturated rings. The molecule has 3 aromatic rings. The van der Waals surface area contributed by atoms with Crippen LogP contribution in [0.1, 0.15) is 62.1 Å². The minimum Gasteiger partial charge on any atom is -0.494 e. The summed E-state index contributed by atoms with van der Waals surface area (Å²) in [4.78, 5) is 12.5. The molecule has 168 valence electrons. The van der Waals surface area contributed by atoms with Gasteiger partial charge in [-0.2, -0.15) is 0 Å². The Bertz CT molecular complexity index is 960. The molecule has 3 rings (SSSR count). The molecule has 0 spiro atoms. The summed E-state index contributed by atoms with van der Waals surface area (Å²) in [5.41, 5.74) is 3.81. The Morgan fingerprint density at radius 2 is 1.34 bits per heavy atom. The van der Waals surface area contributed by atoms with E-state index in [0.29, 0.717) is 17.9 Å². The second-order valence-electron chi connectivity index (χ2n) is 7.78. The summed E-state index contributed by atoms with van der Waals surface area (Å²) in [6.45, 7) is 7.75. The lowest BCUT2D eigenvalue weighted by atomic mass is 10.0. The van der Waals surface area contributed by atoms with Gasteiger partial charge < -0.3 is 14.2 Å². The molecule has 0 heterocycles. The molecule has 0 saturated carbocycles. The summed E-state index contributed by atoms with van der Waals surface area (Å²) < 4.78 is 16.9. The Kier molecular flexibility index (Phi) is 8.88. The molecule has 1 unspecified atom stereocenters. The molecule has 32 heavy (non-hydrogen) atoms. The Morgan fingerprint density at radius 3 is 1.94 bits per heavy atom. The molecule has 0 aliphatic heterocycles. The molecule has 0 aliphatic carbocycles. The molecule has 0 N–H and O–H groups in total. The lowest BCUT2D eigenvalue weighted by Crippen LogP contribution is -2.08. The average molecular weight is 433 g/mol. The first kappa shape index (κ1) is 23.6. The fourth-order valence-corrected chi connectivity index (χ4v) is 3.24. The smallest absolute Gasteiger partial charge is 0.343 e. The van der Waals surface area contributed by atoms with Crippen molar-refractivity contribution in [1.82, 2.24) is 0 Å². The van der Waals surface area contributed by atoms with Gasteiger partial charge in [0.15, 0.2) is 0 Å². The van der Waals surface area contributed by atoms with Gasteiger partial charge in [-0.1, -0.05) is 56.7 Å². The first-order valence-electron chi connectivity index (χ1n) is 11.4. The fraction of sp³-hybridized carbons (Fsp3) is 0.321. The Balaban J connectivity index is 1.58. The normalized spacial score (nSPS) is 11.7. The summed E-state index contributed by atoms with van der Waals surface area (Å²) in [6.07, 6.45) is 3.24. The van der Waals surface area contributed by atoms with E-state index in [1.807, 2.05) is 12.1 Å². The Morgan fingerprint density at radius 1 is 0.750 bits per heavy atom. The molecular formula is C28H32O4. The van der Waals surface area contributed by atoms with Gasteiger partial charge in [-0.05, 0) is 72.9 Å². The van der Waals surface area contributed by atoms with Crippen molar-refractivity contribution in [3.8, 4) is 22.6 Å². The van der Waals surface area contributed by atoms with E-state index in [1.165, 1.54) is 0 Å². The zero-order valence-electron chi connectivity index (χ0n) is 19.2. The molecule has 0 bridgehead atoms. The Hall–Kier alpha value is -3.11. The highest BCUT2D eigenvalue weighted by atomic mass is 16.5. The highest BCUT2D eigenvalue weighted by Crippen LogP contribution is 2.25. The van der Waals surface area contributed by atoms with Crippen LogP contribution in [0.2, 0.25) is 0 Å². The third-order valence-corrected chi connectivity index (χ3v) is 5.21. The van der Waals surface area contributed by atoms with Crippen LogP contribution in [-0.2, 0) is 4.74 Å². The lowest BCUT2D eigenvalue weighted by Gasteiger charge is -2.14. The zero-order chi connectivity index (χ0) is 22.8. The van der Waals surface area contributed by atoms with E-state index in [0.717, 1.165) is 48.3 Å². The van der Waals surface area contributed by atoms with E-state index >= 15 is 0 Å². The van der Waals surface area contributed by atoms with Gasteiger partial charge in [0.2, 0.25) is 0 Å². The Labute approximate surface area is 191 Å². The lowest BCUT2D eigenvalue weighted by molar-refractivity contribution is 0.0637. The second kappa shape index (κ2) is 12.1. The van der Waals surface area contributed by atoms with Gasteiger partial charge >= 0.3 is 5.97 Å². The van der Waals surface area contributed by atoms with Crippen molar-refractivity contribution in [3.63, 3.8) is 0 Å². The van der Waals surface area contributed by atoms with Crippen LogP contribution in [0.4, 0.5) is 0 Å². The molecule has 0 aliphatic rings. The second-order valence-corrected chi connectivity index (χ2v) is 7.78. The van der Waals surface area contributed by atoms with Crippen LogP contribution in [0.3, 0.4) is 0 Å². The van der Waals surface area contributed by atoms with E-state index < -0.39 is 0 Å². The first-order chi connectivity index (χ1) is 15.6. The minimum absolute atomic E-state index is 0.0834. The number of rotatable bonds is 11. The molecular weight excluding hydrogens is 400 g/mol. The largest absolute Gasteiger partial charge is 0.494 e. The quantitative estimate of drug-likeness (QED) is 0.182. The third kappa shape index (κ3) is 6.69. The van der Waals surface area contributed by atoms with Gasteiger partial charge in [-0.25, -0.2) is 4.79 Å². The van der Waals surface area contributed by atoms with E-state index in [2.05, 4.69) is 45.0 Å². The van der Waals surface area contributed by atoms with Crippen LogP contribution in [-0.4, -0.2) is 19.2 Å². The fourth-order valence-electron chi connectivity index (χ4n) is 3.24. The number of carbonyl (C=O) groups is 1. The van der Waals surface area contributed by atoms with Gasteiger partial charge in [-0.3, -0.25) is 0 Å². The molecule has 0 saturated heterocycles. The summed E-state index contributed by atoms with van der Waals surface area (Å²) in [7, 11) is 0. The predicted octanol–water partition coefficient (Wildman–Crippen LogP) is 7.24. The van der Waals surface area contributed by atoms with Crippen molar-refractivity contribution in [1.29, 1.82) is 0 Å². The van der Waals surface area contributed by atoms with E-state index in [1.54, 1.807) is 36.4 Å². The summed E-state index contributed by atoms with van der Waals surface area (Å²) in [5.74, 6) is 0.880. The van der Waals surface area contributed by atoms with Crippen molar-refractivity contribution in [2.24, 2.45) is 0 Å². The topological polar surface area (TPSA) is 44.8 Å². The average Bonchev–Trinajstić information content (AvgIpc) is 2.84. The molecule has 1 atom stereocenters. The maximum atomic E-state index is 12.5. The van der Waals surface area contributed by atoms with Crippen LogP contribution in [0, 0.1) is 0 Å². The molecule has 4 heteroatoms. The number of carbonyl (C=O) groups excluding carboxylic acids is 1. The SMILES string of the molecule is CCCCOC(C)c1ccc(-c2ccc(C(=O)Oc3ccc(OCCC)cc3)cc2)cc1. The van der Waals surface area contributed by atoms with Gasteiger partial charge in [0.05, 0.1) is 18.3 Å². The van der Waals surface area contributed by atoms with E-state index in [-0.39, 0.29) is 12.1 Å². The van der Waals surface area contributed by atoms with Crippen LogP contribution in [0.5, 0.6) is 11.5 Å². The van der Waals surface area contributed by atoms with E-state index in [4.69, 9.17) is 14.2 Å². The van der Waals surface area contributed by atoms with Crippen LogP contribution in [0.25, 0.3) is 11.1 Å². The molecule has 0 amide bonds. The minimum atomic E-state index is -0.382. The van der Waals surface area contributed by atoms with Gasteiger partial charge in [0.1, 0.15) is 11.5 Å². The van der Waals surface area contributed by atoms with Crippen LogP contribution >= 0.6 is 0 Å². The monoisotopic (exact) mass is 432 g/mol. The number of hydrogen-bond donors (Lipinski definition) is 0. The summed E-state index contributed by atoms with van der Waals surface area (Å²) in [5, 5.41) is 0. The van der Waals surface area contributed by atoms with Crippen molar-refractivity contribution in [2.75, 3.05) is 13.2 Å².